The summed E-state index contributed by atoms with van der Waals surface area (Å²) in [6.07, 6.45) is 5.90. The van der Waals surface area contributed by atoms with Crippen LogP contribution in [0.3, 0.4) is 0 Å². The number of nitrogens with zero attached hydrogens (tertiary/aromatic N) is 4. The van der Waals surface area contributed by atoms with E-state index in [-0.39, 0.29) is 0 Å². The highest BCUT2D eigenvalue weighted by Crippen LogP contribution is 2.32. The summed E-state index contributed by atoms with van der Waals surface area (Å²) in [5.74, 6) is 0. The maximum Gasteiger partial charge on any atom is 0.142 e. The van der Waals surface area contributed by atoms with E-state index < -0.39 is 0 Å². The van der Waals surface area contributed by atoms with Gasteiger partial charge in [0.1, 0.15) is 11.8 Å². The first kappa shape index (κ1) is 10.8. The predicted octanol–water partition coefficient (Wildman–Crippen LogP) is 1.86. The molecule has 2 aliphatic rings. The fraction of sp³-hybridized carbons (Fsp3) is 0.692. The molecule has 1 aliphatic heterocycles. The molecule has 0 amide bonds. The summed E-state index contributed by atoms with van der Waals surface area (Å²) >= 11 is 0. The number of aromatic nitrogens is 2. The van der Waals surface area contributed by atoms with Crippen molar-refractivity contribution < 1.29 is 0 Å². The Morgan fingerprint density at radius 2 is 2.12 bits per heavy atom. The van der Waals surface area contributed by atoms with Crippen molar-refractivity contribution in [3.8, 4) is 6.07 Å². The highest BCUT2D eigenvalue weighted by molar-refractivity contribution is 5.37. The maximum atomic E-state index is 9.37. The third kappa shape index (κ3) is 1.75. The van der Waals surface area contributed by atoms with Gasteiger partial charge in [0.25, 0.3) is 0 Å². The molecule has 1 aromatic rings. The maximum absolute atomic E-state index is 9.37. The molecule has 1 aromatic heterocycles. The molecule has 17 heavy (non-hydrogen) atoms. The molecule has 0 bridgehead atoms. The zero-order valence-corrected chi connectivity index (χ0v) is 10.3. The van der Waals surface area contributed by atoms with Crippen LogP contribution in [-0.2, 0) is 13.0 Å². The lowest BCUT2D eigenvalue weighted by molar-refractivity contribution is 0.307. The second-order valence-electron chi connectivity index (χ2n) is 5.26. The smallest absolute Gasteiger partial charge is 0.142 e. The topological polar surface area (TPSA) is 44.9 Å². The average Bonchev–Trinajstić information content (AvgIpc) is 2.94. The van der Waals surface area contributed by atoms with Gasteiger partial charge >= 0.3 is 0 Å². The van der Waals surface area contributed by atoms with E-state index in [0.717, 1.165) is 30.9 Å². The van der Waals surface area contributed by atoms with Crippen molar-refractivity contribution in [3.63, 3.8) is 0 Å². The number of likely N-dealkylation sites (N-methyl/N-ethyl adjacent to an activating group) is 1. The van der Waals surface area contributed by atoms with Gasteiger partial charge in [-0.3, -0.25) is 4.68 Å². The Morgan fingerprint density at radius 3 is 2.82 bits per heavy atom. The number of nitriles is 1. The fourth-order valence-corrected chi connectivity index (χ4v) is 3.07. The molecule has 4 nitrogen and oxygen atoms in total. The van der Waals surface area contributed by atoms with Gasteiger partial charge in [0.15, 0.2) is 0 Å². The van der Waals surface area contributed by atoms with E-state index >= 15 is 0 Å². The van der Waals surface area contributed by atoms with Gasteiger partial charge in [0.2, 0.25) is 0 Å². The minimum Gasteiger partial charge on any atom is -0.300 e. The van der Waals surface area contributed by atoms with Crippen LogP contribution in [0.25, 0.3) is 0 Å². The zero-order chi connectivity index (χ0) is 11.8. The SMILES string of the molecule is CN1CCc2c(nn(C3CCCC3)c2C#N)C1. The van der Waals surface area contributed by atoms with Gasteiger partial charge in [-0.05, 0) is 26.3 Å². The van der Waals surface area contributed by atoms with Gasteiger partial charge in [-0.15, -0.1) is 0 Å². The van der Waals surface area contributed by atoms with Crippen LogP contribution in [0.4, 0.5) is 0 Å². The van der Waals surface area contributed by atoms with Crippen molar-refractivity contribution in [2.45, 2.75) is 44.7 Å². The standard InChI is InChI=1S/C13H18N4/c1-16-7-6-11-12(9-16)15-17(13(11)8-14)10-4-2-3-5-10/h10H,2-7,9H2,1H3. The minimum atomic E-state index is 0.473. The van der Waals surface area contributed by atoms with Gasteiger partial charge in [0.05, 0.1) is 11.7 Å². The van der Waals surface area contributed by atoms with Crippen molar-refractivity contribution in [3.05, 3.63) is 17.0 Å². The van der Waals surface area contributed by atoms with E-state index in [2.05, 4.69) is 18.0 Å². The Labute approximate surface area is 102 Å². The third-order valence-corrected chi connectivity index (χ3v) is 4.03. The predicted molar refractivity (Wildman–Crippen MR) is 64.5 cm³/mol. The minimum absolute atomic E-state index is 0.473. The van der Waals surface area contributed by atoms with Crippen LogP contribution in [0.5, 0.6) is 0 Å². The number of fused-ring (bicyclic) bond motifs is 1. The van der Waals surface area contributed by atoms with Crippen LogP contribution >= 0.6 is 0 Å². The summed E-state index contributed by atoms with van der Waals surface area (Å²) in [5, 5.41) is 14.1. The molecule has 3 rings (SSSR count). The van der Waals surface area contributed by atoms with Crippen molar-refractivity contribution in [2.24, 2.45) is 0 Å². The second kappa shape index (κ2) is 4.15. The third-order valence-electron chi connectivity index (χ3n) is 4.03. The number of hydrogen-bond donors (Lipinski definition) is 0. The van der Waals surface area contributed by atoms with Crippen LogP contribution in [0, 0.1) is 11.3 Å². The molecular weight excluding hydrogens is 212 g/mol. The molecule has 0 N–H and O–H groups in total. The first-order chi connectivity index (χ1) is 8.29. The Morgan fingerprint density at radius 1 is 1.35 bits per heavy atom. The van der Waals surface area contributed by atoms with Gasteiger partial charge < -0.3 is 4.90 Å². The molecule has 0 spiro atoms. The fourth-order valence-electron chi connectivity index (χ4n) is 3.07. The first-order valence-electron chi connectivity index (χ1n) is 6.48. The van der Waals surface area contributed by atoms with Crippen LogP contribution < -0.4 is 0 Å². The highest BCUT2D eigenvalue weighted by atomic mass is 15.3. The van der Waals surface area contributed by atoms with Gasteiger partial charge in [-0.2, -0.15) is 10.4 Å². The Hall–Kier alpha value is -1.34. The molecule has 1 saturated carbocycles. The summed E-state index contributed by atoms with van der Waals surface area (Å²) in [5.41, 5.74) is 3.17. The molecule has 90 valence electrons. The Bertz CT molecular complexity index is 462. The first-order valence-corrected chi connectivity index (χ1v) is 6.48. The van der Waals surface area contributed by atoms with Crippen molar-refractivity contribution in [1.82, 2.24) is 14.7 Å². The molecule has 2 heterocycles. The largest absolute Gasteiger partial charge is 0.300 e. The summed E-state index contributed by atoms with van der Waals surface area (Å²) in [6.45, 7) is 1.93. The van der Waals surface area contributed by atoms with Crippen molar-refractivity contribution in [2.75, 3.05) is 13.6 Å². The zero-order valence-electron chi connectivity index (χ0n) is 10.3. The Balaban J connectivity index is 2.01. The lowest BCUT2D eigenvalue weighted by atomic mass is 10.1. The van der Waals surface area contributed by atoms with E-state index in [0.29, 0.717) is 6.04 Å². The van der Waals surface area contributed by atoms with E-state index in [1.165, 1.54) is 31.2 Å². The summed E-state index contributed by atoms with van der Waals surface area (Å²) in [7, 11) is 2.11. The number of hydrogen-bond acceptors (Lipinski definition) is 3. The summed E-state index contributed by atoms with van der Waals surface area (Å²) < 4.78 is 2.02. The van der Waals surface area contributed by atoms with Gasteiger partial charge in [-0.1, -0.05) is 12.8 Å². The highest BCUT2D eigenvalue weighted by Gasteiger charge is 2.27. The molecule has 0 aromatic carbocycles. The van der Waals surface area contributed by atoms with Crippen LogP contribution in [-0.4, -0.2) is 28.3 Å². The average molecular weight is 230 g/mol. The molecule has 0 radical (unpaired) electrons. The van der Waals surface area contributed by atoms with Crippen LogP contribution in [0.1, 0.15) is 48.7 Å². The molecule has 0 unspecified atom stereocenters. The molecular formula is C13H18N4. The second-order valence-corrected chi connectivity index (χ2v) is 5.26. The van der Waals surface area contributed by atoms with E-state index in [9.17, 15) is 5.26 Å². The van der Waals surface area contributed by atoms with E-state index in [1.54, 1.807) is 0 Å². The monoisotopic (exact) mass is 230 g/mol. The summed E-state index contributed by atoms with van der Waals surface area (Å²) in [6, 6.07) is 2.85. The van der Waals surface area contributed by atoms with Crippen LogP contribution in [0.2, 0.25) is 0 Å². The lowest BCUT2D eigenvalue weighted by Gasteiger charge is -2.20. The molecule has 1 aliphatic carbocycles. The van der Waals surface area contributed by atoms with Crippen LogP contribution in [0.15, 0.2) is 0 Å². The summed E-state index contributed by atoms with van der Waals surface area (Å²) in [4.78, 5) is 2.27. The molecule has 0 atom stereocenters. The van der Waals surface area contributed by atoms with Gasteiger partial charge in [0, 0.05) is 18.7 Å². The lowest BCUT2D eigenvalue weighted by Crippen LogP contribution is -2.26. The molecule has 0 saturated heterocycles. The van der Waals surface area contributed by atoms with Gasteiger partial charge in [-0.25, -0.2) is 0 Å². The normalized spacial score (nSPS) is 21.4. The molecule has 4 heteroatoms. The number of rotatable bonds is 1. The van der Waals surface area contributed by atoms with Crippen molar-refractivity contribution >= 4 is 0 Å². The molecule has 1 fully saturated rings. The van der Waals surface area contributed by atoms with Crippen molar-refractivity contribution in [1.29, 1.82) is 5.26 Å². The Kier molecular flexibility index (Phi) is 2.64. The van der Waals surface area contributed by atoms with E-state index in [4.69, 9.17) is 5.10 Å². The quantitative estimate of drug-likeness (QED) is 0.739. The van der Waals surface area contributed by atoms with E-state index in [1.807, 2.05) is 4.68 Å².